The van der Waals surface area contributed by atoms with Gasteiger partial charge in [-0.3, -0.25) is 4.79 Å². The fourth-order valence-electron chi connectivity index (χ4n) is 2.20. The molecule has 0 unspecified atom stereocenters. The number of amides is 1. The van der Waals surface area contributed by atoms with Crippen LogP contribution in [0.1, 0.15) is 25.3 Å². The molecule has 0 spiro atoms. The maximum atomic E-state index is 12.2. The minimum absolute atomic E-state index is 0.257. The molecule has 1 aliphatic rings. The van der Waals surface area contributed by atoms with Gasteiger partial charge < -0.3 is 20.9 Å². The number of carboxylic acids is 1. The summed E-state index contributed by atoms with van der Waals surface area (Å²) in [4.78, 5) is 21.1. The maximum absolute atomic E-state index is 12.2. The number of aliphatic carboxylic acids is 1. The molecule has 1 amide bonds. The number of carbonyl (C=O) groups excluding carboxylic acids is 1. The van der Waals surface area contributed by atoms with E-state index < -0.39 is 23.7 Å². The van der Waals surface area contributed by atoms with Crippen LogP contribution in [-0.4, -0.2) is 42.4 Å². The molecular formula is C16H19Cl2F3N2O4. The minimum Gasteiger partial charge on any atom is -0.475 e. The summed E-state index contributed by atoms with van der Waals surface area (Å²) in [5.74, 6) is -3.01. The van der Waals surface area contributed by atoms with Crippen molar-refractivity contribution in [1.82, 2.24) is 5.32 Å². The summed E-state index contributed by atoms with van der Waals surface area (Å²) in [5.41, 5.74) is 6.14. The average Bonchev–Trinajstić information content (AvgIpc) is 3.32. The van der Waals surface area contributed by atoms with E-state index in [-0.39, 0.29) is 12.0 Å². The van der Waals surface area contributed by atoms with Crippen LogP contribution in [0.5, 0.6) is 0 Å². The van der Waals surface area contributed by atoms with Crippen LogP contribution in [0.25, 0.3) is 0 Å². The Morgan fingerprint density at radius 2 is 1.74 bits per heavy atom. The van der Waals surface area contributed by atoms with Crippen LogP contribution < -0.4 is 11.1 Å². The molecule has 11 heteroatoms. The second kappa shape index (κ2) is 9.09. The highest BCUT2D eigenvalue weighted by molar-refractivity contribution is 6.36. The lowest BCUT2D eigenvalue weighted by molar-refractivity contribution is -0.192. The van der Waals surface area contributed by atoms with Gasteiger partial charge in [0.2, 0.25) is 5.91 Å². The number of halogens is 5. The van der Waals surface area contributed by atoms with Gasteiger partial charge in [0.1, 0.15) is 6.04 Å². The number of benzene rings is 1. The van der Waals surface area contributed by atoms with Gasteiger partial charge in [-0.25, -0.2) is 4.79 Å². The molecule has 0 heterocycles. The highest BCUT2D eigenvalue weighted by Gasteiger charge is 2.49. The molecule has 2 atom stereocenters. The van der Waals surface area contributed by atoms with Crippen molar-refractivity contribution in [2.45, 2.75) is 43.6 Å². The van der Waals surface area contributed by atoms with Gasteiger partial charge in [0.05, 0.1) is 11.6 Å². The number of carbonyl (C=O) groups is 2. The van der Waals surface area contributed by atoms with Crippen molar-refractivity contribution >= 4 is 35.1 Å². The van der Waals surface area contributed by atoms with Gasteiger partial charge in [-0.15, -0.1) is 0 Å². The van der Waals surface area contributed by atoms with Crippen LogP contribution >= 0.6 is 23.2 Å². The van der Waals surface area contributed by atoms with E-state index in [1.807, 2.05) is 0 Å². The van der Waals surface area contributed by atoms with Crippen molar-refractivity contribution in [1.29, 1.82) is 0 Å². The van der Waals surface area contributed by atoms with E-state index in [1.165, 1.54) is 7.11 Å². The van der Waals surface area contributed by atoms with Crippen LogP contribution in [0, 0.1) is 0 Å². The van der Waals surface area contributed by atoms with E-state index in [4.69, 9.17) is 43.6 Å². The van der Waals surface area contributed by atoms with E-state index in [9.17, 15) is 18.0 Å². The Morgan fingerprint density at radius 1 is 1.30 bits per heavy atom. The third kappa shape index (κ3) is 6.24. The third-order valence-corrected chi connectivity index (χ3v) is 4.61. The minimum atomic E-state index is -5.08. The lowest BCUT2D eigenvalue weighted by Gasteiger charge is -2.24. The number of hydrogen-bond acceptors (Lipinski definition) is 4. The Kier molecular flexibility index (Phi) is 7.91. The summed E-state index contributed by atoms with van der Waals surface area (Å²) in [6, 6.07) is 4.60. The molecule has 4 N–H and O–H groups in total. The van der Waals surface area contributed by atoms with Gasteiger partial charge in [-0.2, -0.15) is 13.2 Å². The smallest absolute Gasteiger partial charge is 0.475 e. The second-order valence-electron chi connectivity index (χ2n) is 5.94. The quantitative estimate of drug-likeness (QED) is 0.665. The summed E-state index contributed by atoms with van der Waals surface area (Å²) in [6.45, 7) is 1.76. The van der Waals surface area contributed by atoms with Crippen molar-refractivity contribution in [2.75, 3.05) is 7.11 Å². The molecule has 2 rings (SSSR count). The molecule has 0 bridgehead atoms. The topological polar surface area (TPSA) is 102 Å². The summed E-state index contributed by atoms with van der Waals surface area (Å²) < 4.78 is 36.8. The summed E-state index contributed by atoms with van der Waals surface area (Å²) in [5, 5.41) is 11.2. The zero-order valence-corrected chi connectivity index (χ0v) is 16.0. The van der Waals surface area contributed by atoms with Crippen molar-refractivity contribution in [3.8, 4) is 0 Å². The van der Waals surface area contributed by atoms with Crippen molar-refractivity contribution in [2.24, 2.45) is 5.73 Å². The molecule has 152 valence electrons. The number of hydrogen-bond donors (Lipinski definition) is 3. The Hall–Kier alpha value is -1.55. The van der Waals surface area contributed by atoms with Crippen LogP contribution in [0.2, 0.25) is 10.0 Å². The van der Waals surface area contributed by atoms with Gasteiger partial charge in [0.15, 0.2) is 0 Å². The van der Waals surface area contributed by atoms with Crippen LogP contribution in [0.4, 0.5) is 13.2 Å². The lowest BCUT2D eigenvalue weighted by Crippen LogP contribution is -2.51. The first-order valence-electron chi connectivity index (χ1n) is 7.70. The largest absolute Gasteiger partial charge is 0.490 e. The maximum Gasteiger partial charge on any atom is 0.490 e. The molecular weight excluding hydrogens is 412 g/mol. The summed E-state index contributed by atoms with van der Waals surface area (Å²) in [6.07, 6.45) is -3.83. The number of alkyl halides is 3. The predicted molar refractivity (Wildman–Crippen MR) is 93.7 cm³/mol. The first kappa shape index (κ1) is 23.5. The Labute approximate surface area is 163 Å². The zero-order valence-electron chi connectivity index (χ0n) is 14.4. The first-order chi connectivity index (χ1) is 12.4. The molecule has 1 fully saturated rings. The third-order valence-electron chi connectivity index (χ3n) is 3.98. The lowest BCUT2D eigenvalue weighted by atomic mass is 10.0. The van der Waals surface area contributed by atoms with Crippen molar-refractivity contribution < 1.29 is 32.6 Å². The number of rotatable bonds is 5. The molecule has 1 aliphatic carbocycles. The molecule has 1 aromatic carbocycles. The van der Waals surface area contributed by atoms with E-state index in [0.29, 0.717) is 10.0 Å². The molecule has 0 aromatic heterocycles. The Balaban J connectivity index is 0.000000445. The number of nitrogens with one attached hydrogen (secondary N) is 1. The fraction of sp³-hybridized carbons (Fsp3) is 0.500. The zero-order chi connectivity index (χ0) is 21.0. The van der Waals surface area contributed by atoms with Gasteiger partial charge >= 0.3 is 12.1 Å². The molecule has 0 saturated heterocycles. The molecule has 0 radical (unpaired) electrons. The molecule has 27 heavy (non-hydrogen) atoms. The van der Waals surface area contributed by atoms with Gasteiger partial charge in [-0.05, 0) is 31.9 Å². The van der Waals surface area contributed by atoms with Crippen molar-refractivity contribution in [3.05, 3.63) is 33.8 Å². The Bertz CT molecular complexity index is 676. The normalized spacial score (nSPS) is 17.2. The number of nitrogens with two attached hydrogens (primary N) is 1. The summed E-state index contributed by atoms with van der Waals surface area (Å²) in [7, 11) is 1.52. The standard InChI is InChI=1S/C14H18Cl2N2O2.C2HF3O2/c1-8(20-2)12(17)13(19)18-14(6-7-14)11-9(15)4-3-5-10(11)16;3-2(4,5)1(6)7/h3-5,8,12H,6-7,17H2,1-2H3,(H,18,19);(H,6,7)/t8-,12+;/m1./s1. The predicted octanol–water partition coefficient (Wildman–Crippen LogP) is 3.09. The van der Waals surface area contributed by atoms with Crippen LogP contribution in [0.15, 0.2) is 18.2 Å². The molecule has 0 aliphatic heterocycles. The van der Waals surface area contributed by atoms with Gasteiger partial charge in [-0.1, -0.05) is 29.3 Å². The van der Waals surface area contributed by atoms with Crippen LogP contribution in [-0.2, 0) is 19.9 Å². The number of carboxylic acid groups (broad SMARTS) is 1. The van der Waals surface area contributed by atoms with E-state index in [2.05, 4.69) is 5.32 Å². The van der Waals surface area contributed by atoms with E-state index in [1.54, 1.807) is 25.1 Å². The van der Waals surface area contributed by atoms with E-state index >= 15 is 0 Å². The number of ether oxygens (including phenoxy) is 1. The monoisotopic (exact) mass is 430 g/mol. The molecule has 1 saturated carbocycles. The highest BCUT2D eigenvalue weighted by atomic mass is 35.5. The van der Waals surface area contributed by atoms with E-state index in [0.717, 1.165) is 18.4 Å². The summed E-state index contributed by atoms with van der Waals surface area (Å²) >= 11 is 12.4. The SMILES string of the molecule is CO[C@H](C)[C@H](N)C(=O)NC1(c2c(Cl)cccc2Cl)CC1.O=C(O)C(F)(F)F. The number of methoxy groups -OCH3 is 1. The van der Waals surface area contributed by atoms with Gasteiger partial charge in [0, 0.05) is 22.7 Å². The van der Waals surface area contributed by atoms with Crippen molar-refractivity contribution in [3.63, 3.8) is 0 Å². The Morgan fingerprint density at radius 3 is 2.07 bits per heavy atom. The molecule has 6 nitrogen and oxygen atoms in total. The van der Waals surface area contributed by atoms with Crippen LogP contribution in [0.3, 0.4) is 0 Å². The fourth-order valence-corrected chi connectivity index (χ4v) is 2.96. The van der Waals surface area contributed by atoms with Gasteiger partial charge in [0.25, 0.3) is 0 Å². The average molecular weight is 431 g/mol. The first-order valence-corrected chi connectivity index (χ1v) is 8.46. The highest BCUT2D eigenvalue weighted by Crippen LogP contribution is 2.50. The second-order valence-corrected chi connectivity index (χ2v) is 6.75. The molecule has 1 aromatic rings.